The highest BCUT2D eigenvalue weighted by Crippen LogP contribution is 2.43. The summed E-state index contributed by atoms with van der Waals surface area (Å²) in [6.45, 7) is 12.2. The smallest absolute Gasteiger partial charge is 0.0820 e. The average molecular weight is 312 g/mol. The molecule has 1 aliphatic carbocycles. The summed E-state index contributed by atoms with van der Waals surface area (Å²) in [4.78, 5) is 0. The van der Waals surface area contributed by atoms with Crippen molar-refractivity contribution in [2.24, 2.45) is 11.8 Å². The van der Waals surface area contributed by atoms with Gasteiger partial charge in [-0.2, -0.15) is 5.10 Å². The van der Waals surface area contributed by atoms with Gasteiger partial charge in [0.15, 0.2) is 0 Å². The maximum Gasteiger partial charge on any atom is 0.0820 e. The fraction of sp³-hybridized carbons (Fsp3) is 0.824. The van der Waals surface area contributed by atoms with E-state index in [-0.39, 0.29) is 0 Å². The van der Waals surface area contributed by atoms with E-state index in [4.69, 9.17) is 11.6 Å². The molecule has 0 aliphatic heterocycles. The van der Waals surface area contributed by atoms with Crippen LogP contribution < -0.4 is 5.32 Å². The average Bonchev–Trinajstić information content (AvgIpc) is 2.79. The van der Waals surface area contributed by atoms with E-state index in [2.05, 4.69) is 49.7 Å². The van der Waals surface area contributed by atoms with Crippen LogP contribution in [-0.2, 0) is 0 Å². The first-order valence-electron chi connectivity index (χ1n) is 8.36. The Hall–Kier alpha value is -0.540. The van der Waals surface area contributed by atoms with Crippen LogP contribution in [0.4, 0.5) is 0 Å². The topological polar surface area (TPSA) is 29.9 Å². The molecule has 1 aliphatic rings. The highest BCUT2D eigenvalue weighted by atomic mass is 35.5. The van der Waals surface area contributed by atoms with E-state index in [1.54, 1.807) is 0 Å². The van der Waals surface area contributed by atoms with E-state index < -0.39 is 0 Å². The third-order valence-corrected chi connectivity index (χ3v) is 4.96. The van der Waals surface area contributed by atoms with Crippen molar-refractivity contribution in [1.82, 2.24) is 15.1 Å². The number of hydrogen-bond donors (Lipinski definition) is 1. The van der Waals surface area contributed by atoms with Gasteiger partial charge in [0, 0.05) is 18.0 Å². The van der Waals surface area contributed by atoms with Gasteiger partial charge in [-0.3, -0.25) is 4.68 Å². The van der Waals surface area contributed by atoms with Crippen LogP contribution in [0.1, 0.15) is 71.5 Å². The molecule has 0 saturated heterocycles. The normalized spacial score (nSPS) is 26.8. The Kier molecular flexibility index (Phi) is 5.73. The summed E-state index contributed by atoms with van der Waals surface area (Å²) in [5.74, 6) is 1.96. The van der Waals surface area contributed by atoms with E-state index in [1.165, 1.54) is 25.0 Å². The summed E-state index contributed by atoms with van der Waals surface area (Å²) in [6.07, 6.45) is 5.66. The maximum atomic E-state index is 6.49. The van der Waals surface area contributed by atoms with E-state index in [9.17, 15) is 0 Å². The number of nitrogens with one attached hydrogen (secondary N) is 1. The van der Waals surface area contributed by atoms with Crippen molar-refractivity contribution in [2.75, 3.05) is 6.54 Å². The van der Waals surface area contributed by atoms with Crippen molar-refractivity contribution >= 4 is 11.6 Å². The summed E-state index contributed by atoms with van der Waals surface area (Å²) in [7, 11) is 0. The minimum atomic E-state index is 0.364. The fourth-order valence-corrected chi connectivity index (χ4v) is 3.79. The lowest BCUT2D eigenvalue weighted by atomic mass is 9.73. The van der Waals surface area contributed by atoms with Crippen LogP contribution in [0.5, 0.6) is 0 Å². The van der Waals surface area contributed by atoms with Gasteiger partial charge in [0.1, 0.15) is 0 Å². The molecule has 1 aromatic heterocycles. The van der Waals surface area contributed by atoms with E-state index >= 15 is 0 Å². The van der Waals surface area contributed by atoms with Gasteiger partial charge in [-0.1, -0.05) is 38.8 Å². The van der Waals surface area contributed by atoms with E-state index in [1.807, 2.05) is 6.20 Å². The van der Waals surface area contributed by atoms with Crippen molar-refractivity contribution in [2.45, 2.75) is 71.9 Å². The summed E-state index contributed by atoms with van der Waals surface area (Å²) in [5, 5.41) is 8.97. The van der Waals surface area contributed by atoms with Gasteiger partial charge in [-0.05, 0) is 45.1 Å². The summed E-state index contributed by atoms with van der Waals surface area (Å²) >= 11 is 6.49. The van der Waals surface area contributed by atoms with Crippen LogP contribution in [-0.4, -0.2) is 22.4 Å². The van der Waals surface area contributed by atoms with Crippen molar-refractivity contribution in [3.8, 4) is 0 Å². The van der Waals surface area contributed by atoms with Crippen LogP contribution >= 0.6 is 11.6 Å². The SMILES string of the molecule is CC1CCC(CNC(C)C)C(c2c(Cl)cnn2C(C)C)C1. The van der Waals surface area contributed by atoms with Gasteiger partial charge in [0.2, 0.25) is 0 Å². The second-order valence-electron chi connectivity index (χ2n) is 7.26. The van der Waals surface area contributed by atoms with Gasteiger partial charge in [-0.15, -0.1) is 0 Å². The van der Waals surface area contributed by atoms with Gasteiger partial charge in [0.05, 0.1) is 16.9 Å². The van der Waals surface area contributed by atoms with Crippen LogP contribution in [0, 0.1) is 11.8 Å². The van der Waals surface area contributed by atoms with Crippen molar-refractivity contribution in [3.63, 3.8) is 0 Å². The molecule has 1 N–H and O–H groups in total. The Bertz CT molecular complexity index is 453. The molecule has 2 rings (SSSR count). The fourth-order valence-electron chi connectivity index (χ4n) is 3.52. The molecule has 0 radical (unpaired) electrons. The molecule has 3 unspecified atom stereocenters. The third-order valence-electron chi connectivity index (χ3n) is 4.67. The lowest BCUT2D eigenvalue weighted by Gasteiger charge is -2.36. The number of rotatable bonds is 5. The second-order valence-corrected chi connectivity index (χ2v) is 7.67. The Morgan fingerprint density at radius 3 is 2.67 bits per heavy atom. The standard InChI is InChI=1S/C17H30ClN3/c1-11(2)19-9-14-7-6-13(5)8-15(14)17-16(18)10-20-21(17)12(3)4/h10-15,19H,6-9H2,1-5H3. The molecule has 1 fully saturated rings. The van der Waals surface area contributed by atoms with Crippen LogP contribution in [0.2, 0.25) is 5.02 Å². The van der Waals surface area contributed by atoms with Gasteiger partial charge in [-0.25, -0.2) is 0 Å². The number of halogens is 1. The lowest BCUT2D eigenvalue weighted by molar-refractivity contribution is 0.227. The summed E-state index contributed by atoms with van der Waals surface area (Å²) in [5.41, 5.74) is 1.26. The molecule has 120 valence electrons. The van der Waals surface area contributed by atoms with E-state index in [0.29, 0.717) is 23.9 Å². The Morgan fingerprint density at radius 2 is 2.05 bits per heavy atom. The minimum absolute atomic E-state index is 0.364. The predicted octanol–water partition coefficient (Wildman–Crippen LogP) is 4.64. The highest BCUT2D eigenvalue weighted by Gasteiger charge is 2.33. The first-order chi connectivity index (χ1) is 9.90. The number of nitrogens with zero attached hydrogens (tertiary/aromatic N) is 2. The summed E-state index contributed by atoms with van der Waals surface area (Å²) < 4.78 is 2.13. The van der Waals surface area contributed by atoms with E-state index in [0.717, 1.165) is 17.5 Å². The van der Waals surface area contributed by atoms with Crippen molar-refractivity contribution < 1.29 is 0 Å². The predicted molar refractivity (Wildman–Crippen MR) is 90.0 cm³/mol. The molecule has 1 aromatic rings. The third kappa shape index (κ3) is 4.01. The number of aromatic nitrogens is 2. The van der Waals surface area contributed by atoms with Crippen molar-refractivity contribution in [3.05, 3.63) is 16.9 Å². The Balaban J connectivity index is 2.25. The van der Waals surface area contributed by atoms with Crippen LogP contribution in [0.15, 0.2) is 6.20 Å². The first kappa shape index (κ1) is 16.8. The summed E-state index contributed by atoms with van der Waals surface area (Å²) in [6, 6.07) is 0.902. The molecule has 21 heavy (non-hydrogen) atoms. The number of hydrogen-bond acceptors (Lipinski definition) is 2. The quantitative estimate of drug-likeness (QED) is 0.859. The zero-order chi connectivity index (χ0) is 15.6. The minimum Gasteiger partial charge on any atom is -0.314 e. The largest absolute Gasteiger partial charge is 0.314 e. The van der Waals surface area contributed by atoms with Gasteiger partial charge < -0.3 is 5.32 Å². The molecule has 0 aromatic carbocycles. The molecule has 0 amide bonds. The molecular weight excluding hydrogens is 282 g/mol. The molecule has 4 heteroatoms. The van der Waals surface area contributed by atoms with Crippen LogP contribution in [0.25, 0.3) is 0 Å². The zero-order valence-corrected chi connectivity index (χ0v) is 14.8. The maximum absolute atomic E-state index is 6.49. The molecule has 1 saturated carbocycles. The Labute approximate surface area is 134 Å². The molecule has 0 bridgehead atoms. The second kappa shape index (κ2) is 7.15. The van der Waals surface area contributed by atoms with Gasteiger partial charge >= 0.3 is 0 Å². The molecule has 1 heterocycles. The lowest BCUT2D eigenvalue weighted by Crippen LogP contribution is -2.35. The molecule has 0 spiro atoms. The molecular formula is C17H30ClN3. The zero-order valence-electron chi connectivity index (χ0n) is 14.1. The van der Waals surface area contributed by atoms with Crippen LogP contribution in [0.3, 0.4) is 0 Å². The Morgan fingerprint density at radius 1 is 1.33 bits per heavy atom. The highest BCUT2D eigenvalue weighted by molar-refractivity contribution is 6.31. The molecule has 3 atom stereocenters. The van der Waals surface area contributed by atoms with Gasteiger partial charge in [0.25, 0.3) is 0 Å². The molecule has 3 nitrogen and oxygen atoms in total. The monoisotopic (exact) mass is 311 g/mol. The first-order valence-corrected chi connectivity index (χ1v) is 8.74. The van der Waals surface area contributed by atoms with Crippen molar-refractivity contribution in [1.29, 1.82) is 0 Å².